The molecule has 0 aromatic heterocycles. The van der Waals surface area contributed by atoms with E-state index in [2.05, 4.69) is 20.9 Å². The number of nitrogens with zero attached hydrogens (tertiary/aromatic N) is 2. The topological polar surface area (TPSA) is 256 Å². The number of hydrogen-bond acceptors (Lipinski definition) is 8. The Morgan fingerprint density at radius 2 is 1.55 bits per heavy atom. The molecule has 1 aliphatic heterocycles. The first-order valence-electron chi connectivity index (χ1n) is 14.5. The van der Waals surface area contributed by atoms with E-state index in [0.29, 0.717) is 25.7 Å². The summed E-state index contributed by atoms with van der Waals surface area (Å²) in [5, 5.41) is 27.4. The number of aliphatic hydroxyl groups is 1. The quantitative estimate of drug-likeness (QED) is 0.0538. The molecule has 0 unspecified atom stereocenters. The number of rotatable bonds is 17. The van der Waals surface area contributed by atoms with Gasteiger partial charge in [-0.3, -0.25) is 24.2 Å². The van der Waals surface area contributed by atoms with E-state index >= 15 is 0 Å². The number of aliphatic hydroxyl groups excluding tert-OH is 1. The molecule has 1 rings (SSSR count). The number of aliphatic carboxylic acids is 1. The zero-order chi connectivity index (χ0) is 32.1. The van der Waals surface area contributed by atoms with Crippen LogP contribution in [-0.2, 0) is 24.0 Å². The van der Waals surface area contributed by atoms with Gasteiger partial charge in [-0.2, -0.15) is 0 Å². The summed E-state index contributed by atoms with van der Waals surface area (Å²) in [6.45, 7) is 9.17. The molecule has 1 saturated heterocycles. The molecule has 0 radical (unpaired) electrons. The van der Waals surface area contributed by atoms with Crippen molar-refractivity contribution in [3.05, 3.63) is 0 Å². The van der Waals surface area contributed by atoms with Gasteiger partial charge in [0.25, 0.3) is 0 Å². The summed E-state index contributed by atoms with van der Waals surface area (Å²) in [4.78, 5) is 69.6. The third-order valence-corrected chi connectivity index (χ3v) is 6.84. The molecule has 0 aromatic carbocycles. The summed E-state index contributed by atoms with van der Waals surface area (Å²) in [5.41, 5.74) is 16.7. The van der Waals surface area contributed by atoms with Crippen molar-refractivity contribution in [1.29, 1.82) is 0 Å². The molecule has 11 N–H and O–H groups in total. The lowest BCUT2D eigenvalue weighted by atomic mass is 10.0. The highest BCUT2D eigenvalue weighted by atomic mass is 16.4. The largest absolute Gasteiger partial charge is 0.480 e. The number of amides is 4. The minimum atomic E-state index is -1.39. The maximum absolute atomic E-state index is 13.7. The molecule has 15 heteroatoms. The SMILES string of the molecule is CC(C)C[C@H](NC(=O)[C@@H]1CCCN1C(=O)[C@H](CCCN=C(N)N)NC(=O)[C@@H](NC(=O)[C@@H](N)CC(C)C)[C@@H](C)O)C(=O)O. The van der Waals surface area contributed by atoms with Gasteiger partial charge in [-0.1, -0.05) is 27.7 Å². The zero-order valence-corrected chi connectivity index (χ0v) is 25.3. The summed E-state index contributed by atoms with van der Waals surface area (Å²) < 4.78 is 0. The smallest absolute Gasteiger partial charge is 0.326 e. The van der Waals surface area contributed by atoms with Gasteiger partial charge < -0.3 is 48.3 Å². The van der Waals surface area contributed by atoms with Crippen LogP contribution in [0.15, 0.2) is 4.99 Å². The molecule has 0 saturated carbocycles. The molecule has 0 bridgehead atoms. The molecular weight excluding hydrogens is 548 g/mol. The van der Waals surface area contributed by atoms with Crippen LogP contribution in [0.4, 0.5) is 0 Å². The van der Waals surface area contributed by atoms with Gasteiger partial charge in [0.1, 0.15) is 24.2 Å². The van der Waals surface area contributed by atoms with Crippen LogP contribution >= 0.6 is 0 Å². The van der Waals surface area contributed by atoms with Gasteiger partial charge in [-0.25, -0.2) is 4.79 Å². The normalized spacial score (nSPS) is 18.5. The fraction of sp³-hybridized carbons (Fsp3) is 0.778. The molecule has 0 aromatic rings. The van der Waals surface area contributed by atoms with Crippen LogP contribution < -0.4 is 33.2 Å². The minimum absolute atomic E-state index is 0.0137. The molecule has 6 atom stereocenters. The summed E-state index contributed by atoms with van der Waals surface area (Å²) in [6.07, 6.45) is 0.477. The van der Waals surface area contributed by atoms with Crippen molar-refractivity contribution in [2.75, 3.05) is 13.1 Å². The summed E-state index contributed by atoms with van der Waals surface area (Å²) in [7, 11) is 0. The maximum atomic E-state index is 13.7. The van der Waals surface area contributed by atoms with E-state index in [4.69, 9.17) is 17.2 Å². The van der Waals surface area contributed by atoms with Gasteiger partial charge in [0, 0.05) is 13.1 Å². The number of carbonyl (C=O) groups excluding carboxylic acids is 4. The Morgan fingerprint density at radius 1 is 0.929 bits per heavy atom. The van der Waals surface area contributed by atoms with Crippen molar-refractivity contribution in [2.24, 2.45) is 34.0 Å². The van der Waals surface area contributed by atoms with Crippen LogP contribution in [0.3, 0.4) is 0 Å². The zero-order valence-electron chi connectivity index (χ0n) is 25.3. The standard InChI is InChI=1S/C27H50N8O7/c1-14(2)12-17(28)22(37)34-21(16(5)36)24(39)32-18(8-6-10-31-27(29)30)25(40)35-11-7-9-20(35)23(38)33-19(26(41)42)13-15(3)4/h14-21,36H,6-13,28H2,1-5H3,(H,32,39)(H,33,38)(H,34,37)(H,41,42)(H4,29,30,31)/t16-,17+,18+,19+,20+,21+/m1/s1. The fourth-order valence-corrected chi connectivity index (χ4v) is 4.77. The van der Waals surface area contributed by atoms with Crippen LogP contribution in [-0.4, -0.2) is 100 Å². The first kappa shape index (κ1) is 36.6. The van der Waals surface area contributed by atoms with E-state index in [1.165, 1.54) is 11.8 Å². The van der Waals surface area contributed by atoms with E-state index in [-0.39, 0.29) is 43.7 Å². The molecular formula is C27H50N8O7. The molecule has 1 fully saturated rings. The number of hydrogen-bond donors (Lipinski definition) is 8. The van der Waals surface area contributed by atoms with Gasteiger partial charge in [0.15, 0.2) is 5.96 Å². The second kappa shape index (κ2) is 17.5. The summed E-state index contributed by atoms with van der Waals surface area (Å²) in [6, 6.07) is -5.47. The first-order valence-corrected chi connectivity index (χ1v) is 14.5. The van der Waals surface area contributed by atoms with E-state index in [9.17, 15) is 34.2 Å². The fourth-order valence-electron chi connectivity index (χ4n) is 4.77. The minimum Gasteiger partial charge on any atom is -0.480 e. The Bertz CT molecular complexity index is 968. The van der Waals surface area contributed by atoms with Crippen LogP contribution in [0, 0.1) is 11.8 Å². The Morgan fingerprint density at radius 3 is 2.07 bits per heavy atom. The van der Waals surface area contributed by atoms with Crippen molar-refractivity contribution in [3.63, 3.8) is 0 Å². The monoisotopic (exact) mass is 598 g/mol. The highest BCUT2D eigenvalue weighted by Crippen LogP contribution is 2.21. The maximum Gasteiger partial charge on any atom is 0.326 e. The summed E-state index contributed by atoms with van der Waals surface area (Å²) >= 11 is 0. The lowest BCUT2D eigenvalue weighted by Crippen LogP contribution is -2.60. The third-order valence-electron chi connectivity index (χ3n) is 6.84. The van der Waals surface area contributed by atoms with E-state index in [1.807, 2.05) is 27.7 Å². The third kappa shape index (κ3) is 12.2. The molecule has 42 heavy (non-hydrogen) atoms. The second-order valence-corrected chi connectivity index (χ2v) is 11.7. The average molecular weight is 599 g/mol. The van der Waals surface area contributed by atoms with Crippen LogP contribution in [0.2, 0.25) is 0 Å². The summed E-state index contributed by atoms with van der Waals surface area (Å²) in [5.74, 6) is -3.75. The molecule has 240 valence electrons. The number of aliphatic imine (C=N–C) groups is 1. The Labute approximate surface area is 247 Å². The van der Waals surface area contributed by atoms with Gasteiger partial charge in [0.05, 0.1) is 12.1 Å². The first-order chi connectivity index (χ1) is 19.5. The van der Waals surface area contributed by atoms with Crippen molar-refractivity contribution >= 4 is 35.6 Å². The predicted octanol–water partition coefficient (Wildman–Crippen LogP) is -1.63. The van der Waals surface area contributed by atoms with E-state index in [0.717, 1.165) is 0 Å². The van der Waals surface area contributed by atoms with Gasteiger partial charge in [-0.05, 0) is 57.3 Å². The highest BCUT2D eigenvalue weighted by molar-refractivity contribution is 5.96. The van der Waals surface area contributed by atoms with Gasteiger partial charge in [0.2, 0.25) is 23.6 Å². The lowest BCUT2D eigenvalue weighted by Gasteiger charge is -2.31. The van der Waals surface area contributed by atoms with Crippen molar-refractivity contribution in [1.82, 2.24) is 20.9 Å². The molecule has 1 heterocycles. The number of carboxylic acids is 1. The number of guanidine groups is 1. The van der Waals surface area contributed by atoms with E-state index in [1.54, 1.807) is 0 Å². The number of carboxylic acid groups (broad SMARTS) is 1. The molecule has 0 spiro atoms. The van der Waals surface area contributed by atoms with E-state index < -0.39 is 65.9 Å². The lowest BCUT2D eigenvalue weighted by molar-refractivity contribution is -0.145. The van der Waals surface area contributed by atoms with Crippen molar-refractivity contribution in [3.8, 4) is 0 Å². The van der Waals surface area contributed by atoms with Crippen LogP contribution in [0.25, 0.3) is 0 Å². The van der Waals surface area contributed by atoms with Crippen molar-refractivity contribution in [2.45, 2.75) is 109 Å². The Kier molecular flexibility index (Phi) is 15.2. The number of nitrogens with one attached hydrogen (secondary N) is 3. The number of likely N-dealkylation sites (tertiary alicyclic amines) is 1. The second-order valence-electron chi connectivity index (χ2n) is 11.7. The molecule has 4 amide bonds. The molecule has 0 aliphatic carbocycles. The highest BCUT2D eigenvalue weighted by Gasteiger charge is 2.40. The Hall–Kier alpha value is -3.46. The van der Waals surface area contributed by atoms with Gasteiger partial charge >= 0.3 is 5.97 Å². The number of nitrogens with two attached hydrogens (primary N) is 3. The molecule has 1 aliphatic rings. The molecule has 15 nitrogen and oxygen atoms in total. The number of carbonyl (C=O) groups is 5. The van der Waals surface area contributed by atoms with Gasteiger partial charge in [-0.15, -0.1) is 0 Å². The average Bonchev–Trinajstić information content (AvgIpc) is 3.37. The Balaban J connectivity index is 3.14. The predicted molar refractivity (Wildman–Crippen MR) is 157 cm³/mol. The van der Waals surface area contributed by atoms with Crippen LogP contribution in [0.5, 0.6) is 0 Å². The van der Waals surface area contributed by atoms with Crippen LogP contribution in [0.1, 0.15) is 73.1 Å². The van der Waals surface area contributed by atoms with Crippen molar-refractivity contribution < 1.29 is 34.2 Å².